The summed E-state index contributed by atoms with van der Waals surface area (Å²) in [4.78, 5) is 38.0. The molecule has 0 saturated carbocycles. The molecule has 0 radical (unpaired) electrons. The molecule has 10 heteroatoms. The van der Waals surface area contributed by atoms with Gasteiger partial charge in [0.1, 0.15) is 19.8 Å². The molecule has 2 atom stereocenters. The van der Waals surface area contributed by atoms with Crippen LogP contribution in [-0.4, -0.2) is 70.0 Å². The summed E-state index contributed by atoms with van der Waals surface area (Å²) in [6.45, 7) is 3.99. The summed E-state index contributed by atoms with van der Waals surface area (Å²) in [5.74, 6) is -0.858. The zero-order chi connectivity index (χ0) is 57.0. The summed E-state index contributed by atoms with van der Waals surface area (Å²) in [6.07, 6.45) is 83.5. The molecule has 444 valence electrons. The van der Waals surface area contributed by atoms with E-state index in [1.54, 1.807) is 0 Å². The van der Waals surface area contributed by atoms with Crippen LogP contribution in [0.4, 0.5) is 0 Å². The van der Waals surface area contributed by atoms with Crippen molar-refractivity contribution >= 4 is 19.8 Å². The number of carbonyl (C=O) groups excluding carboxylic acids is 2. The van der Waals surface area contributed by atoms with E-state index >= 15 is 0 Å². The number of phosphoric ester groups is 1. The summed E-state index contributed by atoms with van der Waals surface area (Å²) < 4.78 is 34.2. The van der Waals surface area contributed by atoms with Gasteiger partial charge in [-0.1, -0.05) is 244 Å². The van der Waals surface area contributed by atoms with Crippen LogP contribution >= 0.6 is 7.82 Å². The number of nitrogens with zero attached hydrogens (tertiary/aromatic N) is 1. The topological polar surface area (TPSA) is 111 Å². The number of hydrogen-bond acceptors (Lipinski definition) is 8. The molecular weight excluding hydrogens is 990 g/mol. The second-order valence-corrected chi connectivity index (χ2v) is 22.7. The number of unbranched alkanes of at least 4 members (excludes halogenated alkanes) is 19. The van der Waals surface area contributed by atoms with Crippen molar-refractivity contribution in [2.75, 3.05) is 47.5 Å². The molecule has 0 saturated heterocycles. The predicted octanol–water partition coefficient (Wildman–Crippen LogP) is 19.1. The first kappa shape index (κ1) is 74.2. The first-order valence-electron chi connectivity index (χ1n) is 30.9. The molecule has 0 aromatic rings. The first-order valence-corrected chi connectivity index (χ1v) is 32.4. The van der Waals surface area contributed by atoms with Gasteiger partial charge in [-0.05, 0) is 109 Å². The van der Waals surface area contributed by atoms with E-state index in [4.69, 9.17) is 18.5 Å². The Kier molecular flexibility index (Phi) is 55.0. The average molecular weight is 1100 g/mol. The maximum Gasteiger partial charge on any atom is 0.306 e. The number of esters is 2. The minimum Gasteiger partial charge on any atom is -0.756 e. The molecular formula is C68H114NO8P. The van der Waals surface area contributed by atoms with Crippen LogP contribution in [0.5, 0.6) is 0 Å². The lowest BCUT2D eigenvalue weighted by Gasteiger charge is -2.28. The maximum absolute atomic E-state index is 12.8. The van der Waals surface area contributed by atoms with Crippen LogP contribution < -0.4 is 4.89 Å². The highest BCUT2D eigenvalue weighted by Gasteiger charge is 2.22. The summed E-state index contributed by atoms with van der Waals surface area (Å²) in [6, 6.07) is 0. The molecule has 0 aliphatic heterocycles. The van der Waals surface area contributed by atoms with E-state index in [1.165, 1.54) is 64.2 Å². The summed E-state index contributed by atoms with van der Waals surface area (Å²) in [5.41, 5.74) is 0. The zero-order valence-electron chi connectivity index (χ0n) is 50.3. The third-order valence-electron chi connectivity index (χ3n) is 12.7. The lowest BCUT2D eigenvalue weighted by Crippen LogP contribution is -2.37. The molecule has 0 aliphatic rings. The highest BCUT2D eigenvalue weighted by atomic mass is 31.2. The predicted molar refractivity (Wildman–Crippen MR) is 332 cm³/mol. The first-order chi connectivity index (χ1) is 38.0. The van der Waals surface area contributed by atoms with Gasteiger partial charge in [-0.25, -0.2) is 0 Å². The molecule has 9 nitrogen and oxygen atoms in total. The van der Waals surface area contributed by atoms with Gasteiger partial charge >= 0.3 is 11.9 Å². The molecule has 0 bridgehead atoms. The SMILES string of the molecule is CC/C=C\C/C=C\C/C=C\C/C=C\C/C=C\C/C=C\CCCCCCCCC(=O)OC(COC(=O)CCCCCCCCCCCCCCC/C=C\C/C=C\C/C=C\C/C=C\C/C=C\CC)COP(=O)([O-])OCC[N+](C)(C)C. The summed E-state index contributed by atoms with van der Waals surface area (Å²) >= 11 is 0. The van der Waals surface area contributed by atoms with Crippen molar-refractivity contribution in [3.8, 4) is 0 Å². The molecule has 0 N–H and O–H groups in total. The van der Waals surface area contributed by atoms with E-state index in [1.807, 2.05) is 21.1 Å². The number of phosphoric acid groups is 1. The van der Waals surface area contributed by atoms with Crippen LogP contribution in [0.3, 0.4) is 0 Å². The van der Waals surface area contributed by atoms with Crippen molar-refractivity contribution in [1.82, 2.24) is 0 Å². The number of allylic oxidation sites excluding steroid dienone is 22. The number of rotatable bonds is 55. The van der Waals surface area contributed by atoms with Gasteiger partial charge in [-0.2, -0.15) is 0 Å². The fourth-order valence-corrected chi connectivity index (χ4v) is 8.71. The van der Waals surface area contributed by atoms with E-state index in [-0.39, 0.29) is 26.1 Å². The van der Waals surface area contributed by atoms with E-state index in [0.717, 1.165) is 135 Å². The second-order valence-electron chi connectivity index (χ2n) is 21.3. The van der Waals surface area contributed by atoms with Gasteiger partial charge < -0.3 is 27.9 Å². The van der Waals surface area contributed by atoms with Gasteiger partial charge in [0.2, 0.25) is 0 Å². The Balaban J connectivity index is 4.19. The van der Waals surface area contributed by atoms with Crippen molar-refractivity contribution < 1.29 is 42.1 Å². The van der Waals surface area contributed by atoms with E-state index in [2.05, 4.69) is 148 Å². The molecule has 0 aromatic carbocycles. The van der Waals surface area contributed by atoms with Crippen molar-refractivity contribution in [3.63, 3.8) is 0 Å². The molecule has 2 unspecified atom stereocenters. The standard InChI is InChI=1S/C68H114NO8P/c1-6-8-10-12-14-16-18-20-22-24-26-28-30-32-33-34-35-37-38-40-42-44-46-48-50-52-54-56-58-60-67(70)74-64-66(65-76-78(72,73)75-63-62-69(3,4)5)77-68(71)61-59-57-55-53-51-49-47-45-43-41-39-36-31-29-27-25-23-21-19-17-15-13-11-9-7-2/h8-11,14-17,20-23,26-29,32-33,36,39,43,45,66H,6-7,12-13,18-19,24-25,30-31,34-35,37-38,40-42,44,46-65H2,1-5H3/b10-8-,11-9-,16-14-,17-15-,22-20-,23-21-,28-26-,29-27-,33-32-,39-36-,45-43-. The third kappa shape index (κ3) is 61.4. The zero-order valence-corrected chi connectivity index (χ0v) is 51.2. The summed E-state index contributed by atoms with van der Waals surface area (Å²) in [5, 5.41) is 0. The van der Waals surface area contributed by atoms with Crippen molar-refractivity contribution in [2.45, 2.75) is 238 Å². The lowest BCUT2D eigenvalue weighted by molar-refractivity contribution is -0.870. The van der Waals surface area contributed by atoms with Crippen LogP contribution in [0, 0.1) is 0 Å². The van der Waals surface area contributed by atoms with Crippen molar-refractivity contribution in [1.29, 1.82) is 0 Å². The van der Waals surface area contributed by atoms with Crippen LogP contribution in [0.2, 0.25) is 0 Å². The Morgan fingerprint density at radius 3 is 1.03 bits per heavy atom. The van der Waals surface area contributed by atoms with Gasteiger partial charge in [0, 0.05) is 12.8 Å². The van der Waals surface area contributed by atoms with Gasteiger partial charge in [0.05, 0.1) is 27.7 Å². The Bertz CT molecular complexity index is 1780. The van der Waals surface area contributed by atoms with Gasteiger partial charge in [0.15, 0.2) is 6.10 Å². The number of hydrogen-bond donors (Lipinski definition) is 0. The smallest absolute Gasteiger partial charge is 0.306 e. The molecule has 0 rings (SSSR count). The number of likely N-dealkylation sites (N-methyl/N-ethyl adjacent to an activating group) is 1. The highest BCUT2D eigenvalue weighted by molar-refractivity contribution is 7.45. The Labute approximate surface area is 479 Å². The molecule has 0 amide bonds. The third-order valence-corrected chi connectivity index (χ3v) is 13.6. The fourth-order valence-electron chi connectivity index (χ4n) is 7.98. The maximum atomic E-state index is 12.8. The number of carbonyl (C=O) groups is 2. The molecule has 0 spiro atoms. The molecule has 0 aromatic heterocycles. The van der Waals surface area contributed by atoms with Crippen molar-refractivity contribution in [3.05, 3.63) is 134 Å². The van der Waals surface area contributed by atoms with Crippen LogP contribution in [0.25, 0.3) is 0 Å². The van der Waals surface area contributed by atoms with Gasteiger partial charge in [-0.3, -0.25) is 14.2 Å². The minimum absolute atomic E-state index is 0.0411. The average Bonchev–Trinajstić information content (AvgIpc) is 3.40. The molecule has 0 aliphatic carbocycles. The van der Waals surface area contributed by atoms with E-state index in [0.29, 0.717) is 17.4 Å². The van der Waals surface area contributed by atoms with E-state index in [9.17, 15) is 19.0 Å². The van der Waals surface area contributed by atoms with Gasteiger partial charge in [-0.15, -0.1) is 0 Å². The van der Waals surface area contributed by atoms with Crippen LogP contribution in [0.1, 0.15) is 232 Å². The number of ether oxygens (including phenoxy) is 2. The normalized spacial score (nSPS) is 14.2. The van der Waals surface area contributed by atoms with Crippen LogP contribution in [0.15, 0.2) is 134 Å². The molecule has 78 heavy (non-hydrogen) atoms. The Morgan fingerprint density at radius 2 is 0.692 bits per heavy atom. The quantitative estimate of drug-likeness (QED) is 0.0195. The number of quaternary nitrogens is 1. The molecule has 0 heterocycles. The van der Waals surface area contributed by atoms with E-state index < -0.39 is 32.5 Å². The largest absolute Gasteiger partial charge is 0.756 e. The Morgan fingerprint density at radius 1 is 0.397 bits per heavy atom. The second kappa shape index (κ2) is 57.8. The monoisotopic (exact) mass is 1100 g/mol. The van der Waals surface area contributed by atoms with Crippen LogP contribution in [-0.2, 0) is 32.7 Å². The Hall–Kier alpha value is -3.85. The van der Waals surface area contributed by atoms with Gasteiger partial charge in [0.25, 0.3) is 7.82 Å². The van der Waals surface area contributed by atoms with Crippen molar-refractivity contribution in [2.24, 2.45) is 0 Å². The minimum atomic E-state index is -4.65. The fraction of sp³-hybridized carbons (Fsp3) is 0.647. The highest BCUT2D eigenvalue weighted by Crippen LogP contribution is 2.38. The molecule has 0 fully saturated rings. The lowest BCUT2D eigenvalue weighted by atomic mass is 10.0. The summed E-state index contributed by atoms with van der Waals surface area (Å²) in [7, 11) is 1.14.